The number of ether oxygens (including phenoxy) is 1. The number of nitrogens with two attached hydrogens (primary N) is 1. The van der Waals surface area contributed by atoms with E-state index in [2.05, 4.69) is 36.7 Å². The normalized spacial score (nSPS) is 12.3. The van der Waals surface area contributed by atoms with Crippen LogP contribution in [0.5, 0.6) is 0 Å². The van der Waals surface area contributed by atoms with Gasteiger partial charge in [-0.1, -0.05) is 51.7 Å². The second kappa shape index (κ2) is 17.2. The minimum Gasteiger partial charge on any atom is -0.445 e. The van der Waals surface area contributed by atoms with Crippen LogP contribution < -0.4 is 5.73 Å². The zero-order chi connectivity index (χ0) is 21.9. The van der Waals surface area contributed by atoms with Crippen molar-refractivity contribution in [3.8, 4) is 0 Å². The van der Waals surface area contributed by atoms with Crippen molar-refractivity contribution in [3.63, 3.8) is 0 Å². The Morgan fingerprint density at radius 2 is 1.83 bits per heavy atom. The molecule has 0 aliphatic carbocycles. The van der Waals surface area contributed by atoms with Gasteiger partial charge in [-0.2, -0.15) is 0 Å². The van der Waals surface area contributed by atoms with Crippen LogP contribution in [0.15, 0.2) is 61.5 Å². The van der Waals surface area contributed by atoms with Crippen molar-refractivity contribution in [1.82, 2.24) is 9.88 Å². The first-order valence-electron chi connectivity index (χ1n) is 10.00. The van der Waals surface area contributed by atoms with Gasteiger partial charge >= 0.3 is 6.09 Å². The molecule has 2 amide bonds. The molecule has 1 fully saturated rings. The molecule has 2 rings (SSSR count). The summed E-state index contributed by atoms with van der Waals surface area (Å²) >= 11 is 0. The predicted molar refractivity (Wildman–Crippen MR) is 118 cm³/mol. The van der Waals surface area contributed by atoms with Crippen LogP contribution in [0, 0.1) is 0 Å². The molecule has 0 bridgehead atoms. The van der Waals surface area contributed by atoms with Gasteiger partial charge in [0.15, 0.2) is 0 Å². The second-order valence-corrected chi connectivity index (χ2v) is 6.51. The molecule has 0 atom stereocenters. The molecule has 0 saturated carbocycles. The van der Waals surface area contributed by atoms with E-state index in [4.69, 9.17) is 5.73 Å². The number of likely N-dealkylation sites (tertiary alicyclic amines) is 1. The van der Waals surface area contributed by atoms with E-state index in [1.807, 2.05) is 17.0 Å². The SMILES string of the molecule is C=C/C=C\C(=C)COC(N)=O.CCC.O=C(CCc1ccncc1)N1CCCC1. The van der Waals surface area contributed by atoms with Crippen LogP contribution in [0.2, 0.25) is 0 Å². The zero-order valence-electron chi connectivity index (χ0n) is 17.8. The molecule has 1 saturated heterocycles. The standard InChI is InChI=1S/C12H16N2O.C8H11NO2.C3H8/c15-12(14-9-1-2-10-14)4-3-11-5-7-13-8-6-11;1-3-4-5-7(2)6-11-8(9)10;1-3-2/h5-8H,1-4,9-10H2;3-5H,1-2,6H2,(H2,9,10);3H2,1-2H3/b;5-4-;. The van der Waals surface area contributed by atoms with Crippen molar-refractivity contribution >= 4 is 12.0 Å². The maximum absolute atomic E-state index is 11.7. The van der Waals surface area contributed by atoms with E-state index in [0.29, 0.717) is 17.9 Å². The lowest BCUT2D eigenvalue weighted by atomic mass is 10.1. The average Bonchev–Trinajstić information content (AvgIpc) is 3.26. The lowest BCUT2D eigenvalue weighted by Crippen LogP contribution is -2.27. The molecule has 160 valence electrons. The van der Waals surface area contributed by atoms with Gasteiger partial charge in [-0.25, -0.2) is 4.79 Å². The number of carbonyl (C=O) groups is 2. The Bertz CT molecular complexity index is 636. The molecule has 1 aliphatic heterocycles. The molecule has 6 heteroatoms. The summed E-state index contributed by atoms with van der Waals surface area (Å²) in [5.74, 6) is 0.296. The molecule has 29 heavy (non-hydrogen) atoms. The number of carbonyl (C=O) groups excluding carboxylic acids is 2. The van der Waals surface area contributed by atoms with Gasteiger partial charge in [-0.05, 0) is 42.5 Å². The van der Waals surface area contributed by atoms with Gasteiger partial charge in [-0.15, -0.1) is 0 Å². The highest BCUT2D eigenvalue weighted by atomic mass is 16.5. The fourth-order valence-corrected chi connectivity index (χ4v) is 2.34. The Morgan fingerprint density at radius 1 is 1.24 bits per heavy atom. The molecule has 2 N–H and O–H groups in total. The van der Waals surface area contributed by atoms with Crippen molar-refractivity contribution in [2.75, 3.05) is 19.7 Å². The minimum absolute atomic E-state index is 0.125. The Kier molecular flexibility index (Phi) is 15.5. The number of hydrogen-bond donors (Lipinski definition) is 1. The fourth-order valence-electron chi connectivity index (χ4n) is 2.34. The Labute approximate surface area is 175 Å². The average molecular weight is 402 g/mol. The molecule has 2 heterocycles. The maximum atomic E-state index is 11.7. The van der Waals surface area contributed by atoms with Gasteiger partial charge in [0, 0.05) is 31.9 Å². The highest BCUT2D eigenvalue weighted by molar-refractivity contribution is 5.76. The number of allylic oxidation sites excluding steroid dienone is 2. The summed E-state index contributed by atoms with van der Waals surface area (Å²) in [4.78, 5) is 27.7. The quantitative estimate of drug-likeness (QED) is 0.685. The highest BCUT2D eigenvalue weighted by Crippen LogP contribution is 2.10. The summed E-state index contributed by atoms with van der Waals surface area (Å²) in [5.41, 5.74) is 6.59. The number of aromatic nitrogens is 1. The second-order valence-electron chi connectivity index (χ2n) is 6.51. The molecule has 1 aromatic rings. The lowest BCUT2D eigenvalue weighted by molar-refractivity contribution is -0.130. The summed E-state index contributed by atoms with van der Waals surface area (Å²) in [6.45, 7) is 13.3. The lowest BCUT2D eigenvalue weighted by Gasteiger charge is -2.14. The number of amides is 2. The van der Waals surface area contributed by atoms with Crippen LogP contribution >= 0.6 is 0 Å². The van der Waals surface area contributed by atoms with Crippen molar-refractivity contribution in [2.24, 2.45) is 5.73 Å². The van der Waals surface area contributed by atoms with E-state index >= 15 is 0 Å². The molecule has 6 nitrogen and oxygen atoms in total. The number of pyridine rings is 1. The van der Waals surface area contributed by atoms with E-state index in [0.717, 1.165) is 19.5 Å². The van der Waals surface area contributed by atoms with E-state index in [1.165, 1.54) is 24.8 Å². The molecular formula is C23H35N3O3. The zero-order valence-corrected chi connectivity index (χ0v) is 17.8. The molecular weight excluding hydrogens is 366 g/mol. The van der Waals surface area contributed by atoms with Crippen LogP contribution in [0.25, 0.3) is 0 Å². The van der Waals surface area contributed by atoms with Crippen LogP contribution in [-0.2, 0) is 16.0 Å². The molecule has 1 aromatic heterocycles. The summed E-state index contributed by atoms with van der Waals surface area (Å²) in [6.07, 6.45) is 12.8. The Morgan fingerprint density at radius 3 is 2.34 bits per heavy atom. The third-order valence-electron chi connectivity index (χ3n) is 3.70. The number of primary amides is 1. The molecule has 0 aromatic carbocycles. The number of rotatable bonds is 7. The van der Waals surface area contributed by atoms with Crippen molar-refractivity contribution in [1.29, 1.82) is 0 Å². The highest BCUT2D eigenvalue weighted by Gasteiger charge is 2.17. The van der Waals surface area contributed by atoms with Crippen molar-refractivity contribution in [3.05, 3.63) is 67.0 Å². The molecule has 0 spiro atoms. The van der Waals surface area contributed by atoms with Gasteiger partial charge < -0.3 is 15.4 Å². The fraction of sp³-hybridized carbons (Fsp3) is 0.435. The van der Waals surface area contributed by atoms with E-state index in [9.17, 15) is 9.59 Å². The topological polar surface area (TPSA) is 85.5 Å². The van der Waals surface area contributed by atoms with E-state index < -0.39 is 6.09 Å². The van der Waals surface area contributed by atoms with E-state index in [-0.39, 0.29) is 6.61 Å². The van der Waals surface area contributed by atoms with Crippen LogP contribution in [0.1, 0.15) is 45.1 Å². The Hall–Kier alpha value is -2.89. The summed E-state index contributed by atoms with van der Waals surface area (Å²) in [7, 11) is 0. The third-order valence-corrected chi connectivity index (χ3v) is 3.70. The first-order chi connectivity index (χ1) is 13.9. The largest absolute Gasteiger partial charge is 0.445 e. The van der Waals surface area contributed by atoms with E-state index in [1.54, 1.807) is 30.6 Å². The van der Waals surface area contributed by atoms with Crippen molar-refractivity contribution < 1.29 is 14.3 Å². The van der Waals surface area contributed by atoms with Gasteiger partial charge in [0.1, 0.15) is 6.61 Å². The number of hydrogen-bond acceptors (Lipinski definition) is 4. The predicted octanol–water partition coefficient (Wildman–Crippen LogP) is 4.43. The molecule has 0 radical (unpaired) electrons. The third kappa shape index (κ3) is 14.8. The van der Waals surface area contributed by atoms with Gasteiger partial charge in [-0.3, -0.25) is 9.78 Å². The van der Waals surface area contributed by atoms with Gasteiger partial charge in [0.2, 0.25) is 5.91 Å². The van der Waals surface area contributed by atoms with Gasteiger partial charge in [0.05, 0.1) is 0 Å². The van der Waals surface area contributed by atoms with Crippen molar-refractivity contribution in [2.45, 2.75) is 46.0 Å². The summed E-state index contributed by atoms with van der Waals surface area (Å²) in [6, 6.07) is 3.94. The van der Waals surface area contributed by atoms with Crippen LogP contribution in [0.3, 0.4) is 0 Å². The summed E-state index contributed by atoms with van der Waals surface area (Å²) < 4.78 is 4.45. The first kappa shape index (κ1) is 26.1. The molecule has 1 aliphatic rings. The first-order valence-corrected chi connectivity index (χ1v) is 10.00. The minimum atomic E-state index is -0.793. The summed E-state index contributed by atoms with van der Waals surface area (Å²) in [5, 5.41) is 0. The maximum Gasteiger partial charge on any atom is 0.404 e. The van der Waals surface area contributed by atoms with Gasteiger partial charge in [0.25, 0.3) is 0 Å². The van der Waals surface area contributed by atoms with Crippen LogP contribution in [-0.4, -0.2) is 41.6 Å². The molecule has 0 unspecified atom stereocenters. The monoisotopic (exact) mass is 401 g/mol. The smallest absolute Gasteiger partial charge is 0.404 e. The Balaban J connectivity index is 0.000000497. The number of nitrogens with zero attached hydrogens (tertiary/aromatic N) is 2. The van der Waals surface area contributed by atoms with Crippen LogP contribution in [0.4, 0.5) is 4.79 Å². The number of aryl methyl sites for hydroxylation is 1.